The van der Waals surface area contributed by atoms with E-state index in [1.54, 1.807) is 0 Å². The van der Waals surface area contributed by atoms with E-state index in [-0.39, 0.29) is 16.8 Å². The van der Waals surface area contributed by atoms with Gasteiger partial charge in [0.2, 0.25) is 0 Å². The van der Waals surface area contributed by atoms with Crippen LogP contribution in [0.2, 0.25) is 5.02 Å². The van der Waals surface area contributed by atoms with E-state index in [1.165, 1.54) is 18.2 Å². The van der Waals surface area contributed by atoms with E-state index in [4.69, 9.17) is 16.3 Å². The van der Waals surface area contributed by atoms with Gasteiger partial charge in [-0.05, 0) is 12.5 Å². The first-order valence-electron chi connectivity index (χ1n) is 5.65. The fourth-order valence-corrected chi connectivity index (χ4v) is 1.93. The van der Waals surface area contributed by atoms with Crippen LogP contribution in [0.15, 0.2) is 18.2 Å². The van der Waals surface area contributed by atoms with Crippen LogP contribution in [-0.4, -0.2) is 30.2 Å². The molecule has 1 aromatic carbocycles. The molecule has 1 atom stereocenters. The second-order valence-corrected chi connectivity index (χ2v) is 4.49. The molecule has 0 spiro atoms. The summed E-state index contributed by atoms with van der Waals surface area (Å²) in [5.74, 6) is 0. The maximum Gasteiger partial charge on any atom is 0.319 e. The van der Waals surface area contributed by atoms with Crippen molar-refractivity contribution in [1.82, 2.24) is 5.32 Å². The van der Waals surface area contributed by atoms with E-state index < -0.39 is 11.0 Å². The van der Waals surface area contributed by atoms with Crippen LogP contribution in [0.5, 0.6) is 0 Å². The Labute approximate surface area is 114 Å². The summed E-state index contributed by atoms with van der Waals surface area (Å²) in [6.07, 6.45) is 0.765. The third-order valence-electron chi connectivity index (χ3n) is 2.68. The summed E-state index contributed by atoms with van der Waals surface area (Å²) in [4.78, 5) is 21.7. The van der Waals surface area contributed by atoms with Crippen LogP contribution < -0.4 is 10.6 Å². The fraction of sp³-hybridized carbons (Fsp3) is 0.364. The number of halogens is 1. The van der Waals surface area contributed by atoms with Crippen molar-refractivity contribution in [3.05, 3.63) is 33.3 Å². The molecule has 1 unspecified atom stereocenters. The SMILES string of the molecule is O=C(Nc1ccc([N+](=O)[O-])cc1Cl)NC1CCOC1. The summed E-state index contributed by atoms with van der Waals surface area (Å²) < 4.78 is 5.13. The molecule has 102 valence electrons. The molecule has 0 saturated carbocycles. The molecule has 0 aromatic heterocycles. The van der Waals surface area contributed by atoms with Gasteiger partial charge in [-0.2, -0.15) is 0 Å². The first-order valence-corrected chi connectivity index (χ1v) is 6.03. The van der Waals surface area contributed by atoms with Gasteiger partial charge < -0.3 is 15.4 Å². The van der Waals surface area contributed by atoms with Crippen molar-refractivity contribution < 1.29 is 14.5 Å². The number of urea groups is 1. The first kappa shape index (κ1) is 13.6. The zero-order valence-corrected chi connectivity index (χ0v) is 10.6. The average molecular weight is 286 g/mol. The Kier molecular flexibility index (Phi) is 4.18. The van der Waals surface area contributed by atoms with Crippen LogP contribution in [0.3, 0.4) is 0 Å². The number of nitro groups is 1. The molecule has 1 fully saturated rings. The molecule has 1 saturated heterocycles. The van der Waals surface area contributed by atoms with Crippen LogP contribution in [0.25, 0.3) is 0 Å². The monoisotopic (exact) mass is 285 g/mol. The molecule has 2 rings (SSSR count). The Hall–Kier alpha value is -1.86. The van der Waals surface area contributed by atoms with E-state index >= 15 is 0 Å². The van der Waals surface area contributed by atoms with E-state index in [0.717, 1.165) is 6.42 Å². The first-order chi connectivity index (χ1) is 9.06. The fourth-order valence-electron chi connectivity index (χ4n) is 1.71. The number of carbonyl (C=O) groups is 1. The van der Waals surface area contributed by atoms with Crippen LogP contribution in [0.1, 0.15) is 6.42 Å². The molecule has 0 radical (unpaired) electrons. The predicted octanol–water partition coefficient (Wildman–Crippen LogP) is 2.16. The molecule has 7 nitrogen and oxygen atoms in total. The van der Waals surface area contributed by atoms with Crippen molar-refractivity contribution in [2.75, 3.05) is 18.5 Å². The Balaban J connectivity index is 1.98. The molecular weight excluding hydrogens is 274 g/mol. The second-order valence-electron chi connectivity index (χ2n) is 4.08. The Bertz CT molecular complexity index is 503. The molecule has 1 heterocycles. The number of non-ortho nitro benzene ring substituents is 1. The maximum absolute atomic E-state index is 11.7. The molecule has 0 bridgehead atoms. The number of ether oxygens (including phenoxy) is 1. The van der Waals surface area contributed by atoms with Gasteiger partial charge in [-0.1, -0.05) is 11.6 Å². The third-order valence-corrected chi connectivity index (χ3v) is 2.99. The van der Waals surface area contributed by atoms with Crippen molar-refractivity contribution in [3.8, 4) is 0 Å². The summed E-state index contributed by atoms with van der Waals surface area (Å²) in [6, 6.07) is 3.43. The molecule has 1 aromatic rings. The van der Waals surface area contributed by atoms with Crippen molar-refractivity contribution in [1.29, 1.82) is 0 Å². The van der Waals surface area contributed by atoms with E-state index in [1.807, 2.05) is 0 Å². The zero-order chi connectivity index (χ0) is 13.8. The van der Waals surface area contributed by atoms with Gasteiger partial charge in [0, 0.05) is 18.7 Å². The standard InChI is InChI=1S/C11H12ClN3O4/c12-9-5-8(15(17)18)1-2-10(9)14-11(16)13-7-3-4-19-6-7/h1-2,5,7H,3-4,6H2,(H2,13,14,16). The number of hydrogen-bond acceptors (Lipinski definition) is 4. The van der Waals surface area contributed by atoms with Gasteiger partial charge in [-0.3, -0.25) is 10.1 Å². The topological polar surface area (TPSA) is 93.5 Å². The minimum atomic E-state index is -0.550. The summed E-state index contributed by atoms with van der Waals surface area (Å²) in [5.41, 5.74) is 0.198. The number of benzene rings is 1. The smallest absolute Gasteiger partial charge is 0.319 e. The summed E-state index contributed by atoms with van der Waals surface area (Å²) in [6.45, 7) is 1.12. The van der Waals surface area contributed by atoms with Crippen molar-refractivity contribution in [2.45, 2.75) is 12.5 Å². The highest BCUT2D eigenvalue weighted by Crippen LogP contribution is 2.26. The lowest BCUT2D eigenvalue weighted by atomic mass is 10.2. The van der Waals surface area contributed by atoms with Gasteiger partial charge in [0.15, 0.2) is 0 Å². The Morgan fingerprint density at radius 3 is 2.89 bits per heavy atom. The number of hydrogen-bond donors (Lipinski definition) is 2. The van der Waals surface area contributed by atoms with E-state index in [9.17, 15) is 14.9 Å². The van der Waals surface area contributed by atoms with Crippen LogP contribution in [0.4, 0.5) is 16.2 Å². The van der Waals surface area contributed by atoms with Crippen molar-refractivity contribution in [2.24, 2.45) is 0 Å². The molecule has 1 aliphatic heterocycles. The molecule has 1 aliphatic rings. The minimum Gasteiger partial charge on any atom is -0.379 e. The van der Waals surface area contributed by atoms with Crippen LogP contribution in [0, 0.1) is 10.1 Å². The van der Waals surface area contributed by atoms with Gasteiger partial charge in [0.05, 0.1) is 28.3 Å². The van der Waals surface area contributed by atoms with Crippen molar-refractivity contribution in [3.63, 3.8) is 0 Å². The zero-order valence-electron chi connectivity index (χ0n) is 9.89. The highest BCUT2D eigenvalue weighted by Gasteiger charge is 2.18. The molecule has 2 N–H and O–H groups in total. The minimum absolute atomic E-state index is 0.0168. The predicted molar refractivity (Wildman–Crippen MR) is 69.5 cm³/mol. The lowest BCUT2D eigenvalue weighted by Crippen LogP contribution is -2.38. The summed E-state index contributed by atoms with van der Waals surface area (Å²) >= 11 is 5.86. The normalized spacial score (nSPS) is 18.1. The molecular formula is C11H12ClN3O4. The van der Waals surface area contributed by atoms with Gasteiger partial charge in [-0.15, -0.1) is 0 Å². The van der Waals surface area contributed by atoms with Crippen molar-refractivity contribution >= 4 is 29.0 Å². The quantitative estimate of drug-likeness (QED) is 0.657. The van der Waals surface area contributed by atoms with Crippen LogP contribution in [-0.2, 0) is 4.74 Å². The molecule has 0 aliphatic carbocycles. The molecule has 19 heavy (non-hydrogen) atoms. The van der Waals surface area contributed by atoms with Gasteiger partial charge >= 0.3 is 6.03 Å². The average Bonchev–Trinajstić information content (AvgIpc) is 2.84. The number of anilines is 1. The largest absolute Gasteiger partial charge is 0.379 e. The lowest BCUT2D eigenvalue weighted by molar-refractivity contribution is -0.384. The number of nitrogens with zero attached hydrogens (tertiary/aromatic N) is 1. The maximum atomic E-state index is 11.7. The highest BCUT2D eigenvalue weighted by molar-refractivity contribution is 6.33. The Morgan fingerprint density at radius 1 is 1.53 bits per heavy atom. The lowest BCUT2D eigenvalue weighted by Gasteiger charge is -2.12. The second kappa shape index (κ2) is 5.85. The summed E-state index contributed by atoms with van der Waals surface area (Å²) in [7, 11) is 0. The van der Waals surface area contributed by atoms with Gasteiger partial charge in [-0.25, -0.2) is 4.79 Å². The summed E-state index contributed by atoms with van der Waals surface area (Å²) in [5, 5.41) is 15.9. The third kappa shape index (κ3) is 3.55. The Morgan fingerprint density at radius 2 is 2.32 bits per heavy atom. The number of rotatable bonds is 3. The number of carbonyl (C=O) groups excluding carboxylic acids is 1. The molecule has 8 heteroatoms. The van der Waals surface area contributed by atoms with Gasteiger partial charge in [0.1, 0.15) is 0 Å². The number of nitrogens with one attached hydrogen (secondary N) is 2. The van der Waals surface area contributed by atoms with Gasteiger partial charge in [0.25, 0.3) is 5.69 Å². The van der Waals surface area contributed by atoms with Crippen LogP contribution >= 0.6 is 11.6 Å². The number of amides is 2. The van der Waals surface area contributed by atoms with E-state index in [2.05, 4.69) is 10.6 Å². The van der Waals surface area contributed by atoms with E-state index in [0.29, 0.717) is 18.9 Å². The molecule has 2 amide bonds. The number of nitro benzene ring substituents is 1. The highest BCUT2D eigenvalue weighted by atomic mass is 35.5.